The van der Waals surface area contributed by atoms with Crippen molar-refractivity contribution < 1.29 is 27.1 Å². The third-order valence-corrected chi connectivity index (χ3v) is 3.84. The first-order valence-electron chi connectivity index (χ1n) is 7.28. The van der Waals surface area contributed by atoms with Crippen LogP contribution in [0.2, 0.25) is 0 Å². The van der Waals surface area contributed by atoms with Crippen molar-refractivity contribution in [2.45, 2.75) is 12.9 Å². The van der Waals surface area contributed by atoms with Gasteiger partial charge in [0.15, 0.2) is 5.13 Å². The van der Waals surface area contributed by atoms with Crippen LogP contribution < -0.4 is 15.4 Å². The van der Waals surface area contributed by atoms with E-state index in [1.54, 1.807) is 17.5 Å². The van der Waals surface area contributed by atoms with Gasteiger partial charge in [-0.25, -0.2) is 4.98 Å². The van der Waals surface area contributed by atoms with Crippen molar-refractivity contribution in [2.24, 2.45) is 0 Å². The molecule has 0 aliphatic heterocycles. The van der Waals surface area contributed by atoms with Gasteiger partial charge < -0.3 is 19.8 Å². The number of anilines is 2. The summed E-state index contributed by atoms with van der Waals surface area (Å²) in [6, 6.07) is 8.65. The fourth-order valence-electron chi connectivity index (χ4n) is 1.97. The van der Waals surface area contributed by atoms with Crippen LogP contribution in [0.1, 0.15) is 16.2 Å². The third-order valence-electron chi connectivity index (χ3n) is 3.08. The molecule has 0 fully saturated rings. The molecule has 2 N–H and O–H groups in total. The number of aromatic nitrogens is 1. The number of nitrogens with zero attached hydrogens (tertiary/aromatic N) is 1. The SMILES string of the molecule is O=C(NCc1ccco1)c1csc(Nc2ccc(OC(F)(F)F)cc2)n1. The zero-order valence-corrected chi connectivity index (χ0v) is 13.9. The van der Waals surface area contributed by atoms with Crippen molar-refractivity contribution in [2.75, 3.05) is 5.32 Å². The maximum absolute atomic E-state index is 12.1. The van der Waals surface area contributed by atoms with Crippen LogP contribution in [0.15, 0.2) is 52.5 Å². The highest BCUT2D eigenvalue weighted by atomic mass is 32.1. The number of alkyl halides is 3. The van der Waals surface area contributed by atoms with Gasteiger partial charge in [0.1, 0.15) is 17.2 Å². The number of hydrogen-bond acceptors (Lipinski definition) is 6. The minimum absolute atomic E-state index is 0.223. The molecule has 1 aromatic carbocycles. The molecule has 26 heavy (non-hydrogen) atoms. The molecule has 0 saturated heterocycles. The van der Waals surface area contributed by atoms with Crippen molar-refractivity contribution in [1.82, 2.24) is 10.3 Å². The fourth-order valence-corrected chi connectivity index (χ4v) is 2.68. The van der Waals surface area contributed by atoms with E-state index in [9.17, 15) is 18.0 Å². The number of ether oxygens (including phenoxy) is 1. The topological polar surface area (TPSA) is 76.4 Å². The van der Waals surface area contributed by atoms with E-state index in [4.69, 9.17) is 4.42 Å². The molecule has 0 saturated carbocycles. The number of rotatable bonds is 6. The maximum atomic E-state index is 12.1. The Morgan fingerprint density at radius 1 is 1.23 bits per heavy atom. The normalized spacial score (nSPS) is 11.2. The number of nitrogens with one attached hydrogen (secondary N) is 2. The Morgan fingerprint density at radius 2 is 2.00 bits per heavy atom. The van der Waals surface area contributed by atoms with Crippen LogP contribution in [0.25, 0.3) is 0 Å². The Bertz CT molecular complexity index is 861. The number of furan rings is 1. The molecule has 3 rings (SSSR count). The first kappa shape index (κ1) is 17.8. The molecular weight excluding hydrogens is 371 g/mol. The lowest BCUT2D eigenvalue weighted by Gasteiger charge is -2.09. The van der Waals surface area contributed by atoms with E-state index in [2.05, 4.69) is 20.4 Å². The Kier molecular flexibility index (Phi) is 5.12. The molecule has 10 heteroatoms. The molecule has 6 nitrogen and oxygen atoms in total. The summed E-state index contributed by atoms with van der Waals surface area (Å²) in [6.07, 6.45) is -3.22. The van der Waals surface area contributed by atoms with Gasteiger partial charge >= 0.3 is 6.36 Å². The summed E-state index contributed by atoms with van der Waals surface area (Å²) < 4.78 is 45.3. The Balaban J connectivity index is 1.57. The van der Waals surface area contributed by atoms with Crippen LogP contribution in [-0.2, 0) is 6.54 Å². The summed E-state index contributed by atoms with van der Waals surface area (Å²) in [5.74, 6) is -0.0621. The van der Waals surface area contributed by atoms with Crippen molar-refractivity contribution in [3.05, 3.63) is 59.5 Å². The highest BCUT2D eigenvalue weighted by Gasteiger charge is 2.30. The van der Waals surface area contributed by atoms with Crippen molar-refractivity contribution in [3.63, 3.8) is 0 Å². The second kappa shape index (κ2) is 7.48. The van der Waals surface area contributed by atoms with Crippen LogP contribution in [0.4, 0.5) is 24.0 Å². The number of carbonyl (C=O) groups excluding carboxylic acids is 1. The van der Waals surface area contributed by atoms with E-state index in [1.807, 2.05) is 0 Å². The smallest absolute Gasteiger partial charge is 0.467 e. The highest BCUT2D eigenvalue weighted by Crippen LogP contribution is 2.26. The number of halogens is 3. The van der Waals surface area contributed by atoms with Crippen LogP contribution in [0, 0.1) is 0 Å². The van der Waals surface area contributed by atoms with Gasteiger partial charge in [0.05, 0.1) is 12.8 Å². The predicted octanol–water partition coefficient (Wildman–Crippen LogP) is 4.31. The lowest BCUT2D eigenvalue weighted by molar-refractivity contribution is -0.274. The quantitative estimate of drug-likeness (QED) is 0.663. The van der Waals surface area contributed by atoms with Crippen molar-refractivity contribution in [3.8, 4) is 5.75 Å². The first-order chi connectivity index (χ1) is 12.4. The summed E-state index contributed by atoms with van der Waals surface area (Å²) in [4.78, 5) is 16.2. The van der Waals surface area contributed by atoms with Crippen LogP contribution in [0.5, 0.6) is 5.75 Å². The van der Waals surface area contributed by atoms with Gasteiger partial charge in [0.25, 0.3) is 5.91 Å². The summed E-state index contributed by atoms with van der Waals surface area (Å²) >= 11 is 1.19. The van der Waals surface area contributed by atoms with Crippen LogP contribution in [-0.4, -0.2) is 17.3 Å². The van der Waals surface area contributed by atoms with Crippen molar-refractivity contribution >= 4 is 28.1 Å². The fraction of sp³-hybridized carbons (Fsp3) is 0.125. The molecule has 136 valence electrons. The summed E-state index contributed by atoms with van der Waals surface area (Å²) in [5.41, 5.74) is 0.734. The monoisotopic (exact) mass is 383 g/mol. The number of amides is 1. The maximum Gasteiger partial charge on any atom is 0.573 e. The third kappa shape index (κ3) is 4.99. The van der Waals surface area contributed by atoms with Gasteiger partial charge in [-0.3, -0.25) is 4.79 Å². The van der Waals surface area contributed by atoms with Gasteiger partial charge in [0.2, 0.25) is 0 Å². The predicted molar refractivity (Wildman–Crippen MR) is 88.4 cm³/mol. The summed E-state index contributed by atoms with van der Waals surface area (Å²) in [5, 5.41) is 7.58. The molecular formula is C16H12F3N3O3S. The van der Waals surface area contributed by atoms with Gasteiger partial charge in [-0.05, 0) is 36.4 Å². The molecule has 3 aromatic rings. The minimum atomic E-state index is -4.73. The van der Waals surface area contributed by atoms with E-state index in [-0.39, 0.29) is 23.9 Å². The summed E-state index contributed by atoms with van der Waals surface area (Å²) in [6.45, 7) is 0.243. The molecule has 2 heterocycles. The average Bonchev–Trinajstić information content (AvgIpc) is 3.25. The molecule has 0 spiro atoms. The van der Waals surface area contributed by atoms with E-state index < -0.39 is 6.36 Å². The number of hydrogen-bond donors (Lipinski definition) is 2. The zero-order valence-electron chi connectivity index (χ0n) is 13.0. The molecule has 0 aliphatic carbocycles. The Hall–Kier alpha value is -3.01. The van der Waals surface area contributed by atoms with Gasteiger partial charge in [-0.15, -0.1) is 24.5 Å². The second-order valence-electron chi connectivity index (χ2n) is 5.00. The molecule has 0 aliphatic rings. The van der Waals surface area contributed by atoms with Crippen LogP contribution in [0.3, 0.4) is 0 Å². The Morgan fingerprint density at radius 3 is 2.65 bits per heavy atom. The molecule has 2 aromatic heterocycles. The molecule has 1 amide bonds. The van der Waals surface area contributed by atoms with Gasteiger partial charge in [-0.1, -0.05) is 0 Å². The summed E-state index contributed by atoms with van der Waals surface area (Å²) in [7, 11) is 0. The minimum Gasteiger partial charge on any atom is -0.467 e. The lowest BCUT2D eigenvalue weighted by atomic mass is 10.3. The van der Waals surface area contributed by atoms with E-state index in [0.717, 1.165) is 0 Å². The number of thiazole rings is 1. The second-order valence-corrected chi connectivity index (χ2v) is 5.86. The van der Waals surface area contributed by atoms with Gasteiger partial charge in [-0.2, -0.15) is 0 Å². The molecule has 0 unspecified atom stereocenters. The standard InChI is InChI=1S/C16H12F3N3O3S/c17-16(18,19)25-11-5-3-10(4-6-11)21-15-22-13(9-26-15)14(23)20-8-12-2-1-7-24-12/h1-7,9H,8H2,(H,20,23)(H,21,22). The van der Waals surface area contributed by atoms with Crippen LogP contribution >= 0.6 is 11.3 Å². The van der Waals surface area contributed by atoms with E-state index in [0.29, 0.717) is 16.6 Å². The van der Waals surface area contributed by atoms with E-state index in [1.165, 1.54) is 41.9 Å². The molecule has 0 atom stereocenters. The largest absolute Gasteiger partial charge is 0.573 e. The molecule has 0 radical (unpaired) electrons. The zero-order chi connectivity index (χ0) is 18.6. The Labute approximate surface area is 149 Å². The van der Waals surface area contributed by atoms with Crippen molar-refractivity contribution in [1.29, 1.82) is 0 Å². The lowest BCUT2D eigenvalue weighted by Crippen LogP contribution is -2.22. The average molecular weight is 383 g/mol. The highest BCUT2D eigenvalue weighted by molar-refractivity contribution is 7.14. The number of benzene rings is 1. The van der Waals surface area contributed by atoms with E-state index >= 15 is 0 Å². The molecule has 0 bridgehead atoms. The number of carbonyl (C=O) groups is 1. The first-order valence-corrected chi connectivity index (χ1v) is 8.16. The van der Waals surface area contributed by atoms with Gasteiger partial charge in [0, 0.05) is 11.1 Å².